The van der Waals surface area contributed by atoms with Crippen LogP contribution in [0, 0.1) is 11.3 Å². The van der Waals surface area contributed by atoms with E-state index in [2.05, 4.69) is 46.0 Å². The fourth-order valence-corrected chi connectivity index (χ4v) is 2.10. The number of nitrogens with one attached hydrogen (secondary N) is 1. The fraction of sp³-hybridized carbons (Fsp3) is 0.917. The number of hydrogen-bond donors (Lipinski definition) is 1. The van der Waals surface area contributed by atoms with Gasteiger partial charge in [0.2, 0.25) is 0 Å². The summed E-state index contributed by atoms with van der Waals surface area (Å²) in [6, 6.07) is 3.06. The van der Waals surface area contributed by atoms with E-state index in [0.29, 0.717) is 23.3 Å². The normalized spacial score (nSPS) is 15.7. The average Bonchev–Trinajstić information content (AvgIpc) is 2.13. The summed E-state index contributed by atoms with van der Waals surface area (Å²) in [5, 5.41) is 12.1. The van der Waals surface area contributed by atoms with Gasteiger partial charge in [-0.2, -0.15) is 17.0 Å². The summed E-state index contributed by atoms with van der Waals surface area (Å²) in [5.74, 6) is 1.10. The highest BCUT2D eigenvalue weighted by Gasteiger charge is 2.14. The van der Waals surface area contributed by atoms with E-state index < -0.39 is 0 Å². The van der Waals surface area contributed by atoms with Gasteiger partial charge in [-0.1, -0.05) is 27.7 Å². The highest BCUT2D eigenvalue weighted by molar-refractivity contribution is 8.00. The maximum absolute atomic E-state index is 8.64. The molecule has 0 rings (SSSR count). The lowest BCUT2D eigenvalue weighted by Gasteiger charge is -2.24. The van der Waals surface area contributed by atoms with Gasteiger partial charge in [0.25, 0.3) is 0 Å². The van der Waals surface area contributed by atoms with Crippen LogP contribution in [0.1, 0.15) is 47.5 Å². The SMILES string of the molecule is CCC(CC#N)NC(C)CSC(C)(C)C. The van der Waals surface area contributed by atoms with Gasteiger partial charge in [0, 0.05) is 22.6 Å². The Labute approximate surface area is 98.8 Å². The van der Waals surface area contributed by atoms with Gasteiger partial charge in [-0.05, 0) is 13.3 Å². The molecule has 0 aliphatic heterocycles. The summed E-state index contributed by atoms with van der Waals surface area (Å²) in [6.07, 6.45) is 1.64. The number of nitrogens with zero attached hydrogens (tertiary/aromatic N) is 1. The smallest absolute Gasteiger partial charge is 0.0638 e. The van der Waals surface area contributed by atoms with Crippen molar-refractivity contribution in [3.05, 3.63) is 0 Å². The Morgan fingerprint density at radius 1 is 1.40 bits per heavy atom. The molecule has 0 radical (unpaired) electrons. The van der Waals surface area contributed by atoms with Crippen molar-refractivity contribution in [3.8, 4) is 6.07 Å². The molecular formula is C12H24N2S. The molecule has 0 aliphatic rings. The minimum atomic E-state index is 0.326. The maximum Gasteiger partial charge on any atom is 0.0638 e. The molecule has 2 nitrogen and oxygen atoms in total. The first kappa shape index (κ1) is 14.8. The van der Waals surface area contributed by atoms with Gasteiger partial charge in [0.15, 0.2) is 0 Å². The van der Waals surface area contributed by atoms with E-state index in [1.807, 2.05) is 11.8 Å². The van der Waals surface area contributed by atoms with Gasteiger partial charge >= 0.3 is 0 Å². The topological polar surface area (TPSA) is 35.8 Å². The van der Waals surface area contributed by atoms with E-state index in [-0.39, 0.29) is 0 Å². The van der Waals surface area contributed by atoms with Crippen molar-refractivity contribution in [3.63, 3.8) is 0 Å². The first-order chi connectivity index (χ1) is 6.89. The molecule has 2 unspecified atom stereocenters. The van der Waals surface area contributed by atoms with Gasteiger partial charge in [0.05, 0.1) is 12.5 Å². The van der Waals surface area contributed by atoms with Crippen LogP contribution >= 0.6 is 11.8 Å². The van der Waals surface area contributed by atoms with Gasteiger partial charge in [-0.25, -0.2) is 0 Å². The average molecular weight is 228 g/mol. The molecule has 3 heteroatoms. The molecule has 0 aliphatic carbocycles. The first-order valence-electron chi connectivity index (χ1n) is 5.66. The maximum atomic E-state index is 8.64. The molecule has 0 aromatic carbocycles. The quantitative estimate of drug-likeness (QED) is 0.758. The van der Waals surface area contributed by atoms with E-state index >= 15 is 0 Å². The molecule has 0 aromatic rings. The lowest BCUT2D eigenvalue weighted by Crippen LogP contribution is -2.38. The summed E-state index contributed by atoms with van der Waals surface area (Å²) in [5.41, 5.74) is 0. The molecule has 0 fully saturated rings. The number of hydrogen-bond acceptors (Lipinski definition) is 3. The highest BCUT2D eigenvalue weighted by Crippen LogP contribution is 2.23. The highest BCUT2D eigenvalue weighted by atomic mass is 32.2. The predicted octanol–water partition coefficient (Wildman–Crippen LogP) is 3.19. The number of rotatable bonds is 6. The molecule has 0 saturated heterocycles. The standard InChI is InChI=1S/C12H24N2S/c1-6-11(7-8-13)14-10(2)9-15-12(3,4)5/h10-11,14H,6-7,9H2,1-5H3. The van der Waals surface area contributed by atoms with Crippen molar-refractivity contribution in [1.82, 2.24) is 5.32 Å². The van der Waals surface area contributed by atoms with Crippen LogP contribution in [0.25, 0.3) is 0 Å². The molecule has 0 saturated carbocycles. The second-order valence-corrected chi connectivity index (χ2v) is 6.81. The van der Waals surface area contributed by atoms with E-state index in [1.54, 1.807) is 0 Å². The lowest BCUT2D eigenvalue weighted by molar-refractivity contribution is 0.460. The Morgan fingerprint density at radius 3 is 2.40 bits per heavy atom. The van der Waals surface area contributed by atoms with Crippen molar-refractivity contribution in [2.24, 2.45) is 0 Å². The minimum absolute atomic E-state index is 0.326. The van der Waals surface area contributed by atoms with Crippen LogP contribution in [-0.2, 0) is 0 Å². The van der Waals surface area contributed by atoms with Gasteiger partial charge in [-0.15, -0.1) is 0 Å². The second-order valence-electron chi connectivity index (χ2n) is 4.96. The zero-order chi connectivity index (χ0) is 11.9. The van der Waals surface area contributed by atoms with E-state index in [0.717, 1.165) is 12.2 Å². The van der Waals surface area contributed by atoms with Crippen molar-refractivity contribution in [2.75, 3.05) is 5.75 Å². The summed E-state index contributed by atoms with van der Waals surface area (Å²) in [4.78, 5) is 0. The van der Waals surface area contributed by atoms with Crippen molar-refractivity contribution in [2.45, 2.75) is 64.3 Å². The van der Waals surface area contributed by atoms with E-state index in [4.69, 9.17) is 5.26 Å². The van der Waals surface area contributed by atoms with Gasteiger partial charge < -0.3 is 5.32 Å². The van der Waals surface area contributed by atoms with E-state index in [9.17, 15) is 0 Å². The Hall–Kier alpha value is -0.200. The number of thioether (sulfide) groups is 1. The van der Waals surface area contributed by atoms with Crippen molar-refractivity contribution < 1.29 is 0 Å². The largest absolute Gasteiger partial charge is 0.310 e. The van der Waals surface area contributed by atoms with Crippen LogP contribution in [0.15, 0.2) is 0 Å². The van der Waals surface area contributed by atoms with Gasteiger partial charge in [0.1, 0.15) is 0 Å². The van der Waals surface area contributed by atoms with Crippen LogP contribution in [0.5, 0.6) is 0 Å². The molecule has 0 heterocycles. The lowest BCUT2D eigenvalue weighted by atomic mass is 10.1. The van der Waals surface area contributed by atoms with Crippen LogP contribution in [-0.4, -0.2) is 22.6 Å². The Bertz CT molecular complexity index is 203. The minimum Gasteiger partial charge on any atom is -0.310 e. The van der Waals surface area contributed by atoms with Crippen LogP contribution < -0.4 is 5.32 Å². The van der Waals surface area contributed by atoms with E-state index in [1.165, 1.54) is 0 Å². The summed E-state index contributed by atoms with van der Waals surface area (Å²) < 4.78 is 0.326. The molecule has 1 N–H and O–H groups in total. The van der Waals surface area contributed by atoms with Crippen molar-refractivity contribution >= 4 is 11.8 Å². The summed E-state index contributed by atoms with van der Waals surface area (Å²) in [6.45, 7) is 11.0. The van der Waals surface area contributed by atoms with Crippen molar-refractivity contribution in [1.29, 1.82) is 5.26 Å². The third kappa shape index (κ3) is 8.77. The number of nitriles is 1. The molecule has 2 atom stereocenters. The Morgan fingerprint density at radius 2 is 2.00 bits per heavy atom. The van der Waals surface area contributed by atoms with Crippen LogP contribution in [0.4, 0.5) is 0 Å². The molecule has 0 spiro atoms. The predicted molar refractivity (Wildman–Crippen MR) is 69.1 cm³/mol. The molecule has 0 amide bonds. The Balaban J connectivity index is 3.81. The van der Waals surface area contributed by atoms with Crippen LogP contribution in [0.3, 0.4) is 0 Å². The second kappa shape index (κ2) is 7.14. The summed E-state index contributed by atoms with van der Waals surface area (Å²) in [7, 11) is 0. The third-order valence-electron chi connectivity index (χ3n) is 2.12. The zero-order valence-corrected chi connectivity index (χ0v) is 11.4. The Kier molecular flexibility index (Phi) is 7.04. The molecule has 15 heavy (non-hydrogen) atoms. The molecule has 88 valence electrons. The third-order valence-corrected chi connectivity index (χ3v) is 3.65. The van der Waals surface area contributed by atoms with Crippen LogP contribution in [0.2, 0.25) is 0 Å². The fourth-order valence-electron chi connectivity index (χ4n) is 1.26. The van der Waals surface area contributed by atoms with Gasteiger partial charge in [-0.3, -0.25) is 0 Å². The monoisotopic (exact) mass is 228 g/mol. The first-order valence-corrected chi connectivity index (χ1v) is 6.64. The molecule has 0 bridgehead atoms. The summed E-state index contributed by atoms with van der Waals surface area (Å²) >= 11 is 1.97. The zero-order valence-electron chi connectivity index (χ0n) is 10.6. The molecule has 0 aromatic heterocycles. The molecular weight excluding hydrogens is 204 g/mol.